The van der Waals surface area contributed by atoms with Crippen molar-refractivity contribution in [3.63, 3.8) is 0 Å². The van der Waals surface area contributed by atoms with Gasteiger partial charge in [0.2, 0.25) is 0 Å². The molecule has 0 aliphatic carbocycles. The predicted octanol–water partition coefficient (Wildman–Crippen LogP) is 2.64. The van der Waals surface area contributed by atoms with Crippen LogP contribution in [0.4, 0.5) is 0 Å². The molecule has 0 amide bonds. The third-order valence-electron chi connectivity index (χ3n) is 3.89. The molecular weight excluding hydrogens is 377 g/mol. The van der Waals surface area contributed by atoms with E-state index in [2.05, 4.69) is 5.10 Å². The summed E-state index contributed by atoms with van der Waals surface area (Å²) < 4.78 is 6.63. The maximum Gasteiger partial charge on any atom is 0.271 e. The van der Waals surface area contributed by atoms with Gasteiger partial charge >= 0.3 is 0 Å². The Balaban J connectivity index is 0.00000338. The van der Waals surface area contributed by atoms with Crippen LogP contribution in [0.2, 0.25) is 5.02 Å². The van der Waals surface area contributed by atoms with Crippen LogP contribution >= 0.6 is 24.0 Å². The smallest absolute Gasteiger partial charge is 0.271 e. The van der Waals surface area contributed by atoms with E-state index in [1.54, 1.807) is 19.2 Å². The first-order valence-electron chi connectivity index (χ1n) is 8.20. The van der Waals surface area contributed by atoms with Crippen LogP contribution in [0.3, 0.4) is 0 Å². The van der Waals surface area contributed by atoms with Gasteiger partial charge in [0, 0.05) is 30.8 Å². The molecule has 2 aromatic rings. The van der Waals surface area contributed by atoms with Crippen molar-refractivity contribution in [2.24, 2.45) is 11.7 Å². The molecule has 1 heterocycles. The second-order valence-corrected chi connectivity index (χ2v) is 6.62. The normalized spacial score (nSPS) is 10.7. The second-order valence-electron chi connectivity index (χ2n) is 6.21. The van der Waals surface area contributed by atoms with Crippen molar-refractivity contribution in [2.75, 3.05) is 13.7 Å². The lowest BCUT2D eigenvalue weighted by Gasteiger charge is -2.17. The number of aliphatic hydroxyl groups is 1. The van der Waals surface area contributed by atoms with E-state index in [4.69, 9.17) is 22.1 Å². The fourth-order valence-corrected chi connectivity index (χ4v) is 3.02. The van der Waals surface area contributed by atoms with Crippen LogP contribution in [0, 0.1) is 5.92 Å². The SMILES string of the molecule is COc1ccc(-c2nn(CC(C)C)c(=O)c(CN)c2CCO)cc1Cl.Cl. The highest BCUT2D eigenvalue weighted by molar-refractivity contribution is 6.32. The molecule has 0 unspecified atom stereocenters. The monoisotopic (exact) mass is 401 g/mol. The fourth-order valence-electron chi connectivity index (χ4n) is 2.76. The summed E-state index contributed by atoms with van der Waals surface area (Å²) in [7, 11) is 1.55. The molecule has 0 saturated heterocycles. The van der Waals surface area contributed by atoms with Crippen LogP contribution < -0.4 is 16.0 Å². The number of nitrogens with two attached hydrogens (primary N) is 1. The number of nitrogens with zero attached hydrogens (tertiary/aromatic N) is 2. The average molecular weight is 402 g/mol. The maximum atomic E-state index is 12.7. The van der Waals surface area contributed by atoms with Gasteiger partial charge in [-0.15, -0.1) is 12.4 Å². The molecule has 2 rings (SSSR count). The van der Waals surface area contributed by atoms with E-state index in [1.165, 1.54) is 4.68 Å². The van der Waals surface area contributed by atoms with Gasteiger partial charge in [0.05, 0.1) is 17.8 Å². The minimum absolute atomic E-state index is 0. The molecule has 1 aromatic heterocycles. The largest absolute Gasteiger partial charge is 0.495 e. The van der Waals surface area contributed by atoms with Crippen molar-refractivity contribution in [3.8, 4) is 17.0 Å². The van der Waals surface area contributed by atoms with Crippen LogP contribution in [0.5, 0.6) is 5.75 Å². The lowest BCUT2D eigenvalue weighted by atomic mass is 9.99. The molecule has 0 fully saturated rings. The number of aromatic nitrogens is 2. The van der Waals surface area contributed by atoms with E-state index in [9.17, 15) is 9.90 Å². The third-order valence-corrected chi connectivity index (χ3v) is 4.19. The number of hydrogen-bond donors (Lipinski definition) is 2. The van der Waals surface area contributed by atoms with Crippen molar-refractivity contribution in [3.05, 3.63) is 44.7 Å². The molecule has 0 aliphatic heterocycles. The molecule has 0 radical (unpaired) electrons. The molecule has 0 bridgehead atoms. The highest BCUT2D eigenvalue weighted by Gasteiger charge is 2.18. The van der Waals surface area contributed by atoms with E-state index in [1.807, 2.05) is 19.9 Å². The van der Waals surface area contributed by atoms with Gasteiger partial charge in [-0.05, 0) is 36.1 Å². The van der Waals surface area contributed by atoms with Crippen molar-refractivity contribution in [1.82, 2.24) is 9.78 Å². The fraction of sp³-hybridized carbons (Fsp3) is 0.444. The minimum Gasteiger partial charge on any atom is -0.495 e. The molecule has 8 heteroatoms. The second kappa shape index (κ2) is 9.92. The lowest BCUT2D eigenvalue weighted by Crippen LogP contribution is -2.32. The Labute approximate surface area is 164 Å². The van der Waals surface area contributed by atoms with Crippen molar-refractivity contribution in [1.29, 1.82) is 0 Å². The Morgan fingerprint density at radius 2 is 2.04 bits per heavy atom. The summed E-state index contributed by atoms with van der Waals surface area (Å²) in [6.07, 6.45) is 0.302. The molecule has 1 aromatic carbocycles. The van der Waals surface area contributed by atoms with E-state index >= 15 is 0 Å². The van der Waals surface area contributed by atoms with Gasteiger partial charge in [-0.3, -0.25) is 4.79 Å². The lowest BCUT2D eigenvalue weighted by molar-refractivity contribution is 0.299. The number of halogens is 2. The summed E-state index contributed by atoms with van der Waals surface area (Å²) in [6, 6.07) is 5.33. The number of methoxy groups -OCH3 is 1. The van der Waals surface area contributed by atoms with E-state index in [-0.39, 0.29) is 37.0 Å². The van der Waals surface area contributed by atoms with Crippen LogP contribution in [0.15, 0.2) is 23.0 Å². The third kappa shape index (κ3) is 4.76. The minimum atomic E-state index is -0.206. The highest BCUT2D eigenvalue weighted by atomic mass is 35.5. The molecule has 0 saturated carbocycles. The van der Waals surface area contributed by atoms with Gasteiger partial charge < -0.3 is 15.6 Å². The molecule has 0 aliphatic rings. The molecule has 0 spiro atoms. The summed E-state index contributed by atoms with van der Waals surface area (Å²) >= 11 is 6.24. The topological polar surface area (TPSA) is 90.4 Å². The molecule has 144 valence electrons. The van der Waals surface area contributed by atoms with Crippen LogP contribution in [0.25, 0.3) is 11.3 Å². The van der Waals surface area contributed by atoms with Gasteiger partial charge in [0.25, 0.3) is 5.56 Å². The van der Waals surface area contributed by atoms with Crippen LogP contribution in [-0.2, 0) is 19.5 Å². The first kappa shape index (κ1) is 22.4. The molecule has 3 N–H and O–H groups in total. The van der Waals surface area contributed by atoms with Crippen molar-refractivity contribution >= 4 is 24.0 Å². The van der Waals surface area contributed by atoms with Crippen molar-refractivity contribution < 1.29 is 9.84 Å². The van der Waals surface area contributed by atoms with Crippen LogP contribution in [-0.4, -0.2) is 28.6 Å². The van der Waals surface area contributed by atoms with Gasteiger partial charge in [-0.1, -0.05) is 25.4 Å². The first-order chi connectivity index (χ1) is 11.9. The molecular formula is C18H25Cl2N3O3. The van der Waals surface area contributed by atoms with Gasteiger partial charge in [-0.25, -0.2) is 4.68 Å². The summed E-state index contributed by atoms with van der Waals surface area (Å²) in [4.78, 5) is 12.7. The Morgan fingerprint density at radius 1 is 1.35 bits per heavy atom. The quantitative estimate of drug-likeness (QED) is 0.743. The Hall–Kier alpha value is -1.60. The zero-order valence-electron chi connectivity index (χ0n) is 15.2. The summed E-state index contributed by atoms with van der Waals surface area (Å²) in [5, 5.41) is 14.4. The molecule has 26 heavy (non-hydrogen) atoms. The number of benzene rings is 1. The Bertz CT molecular complexity index is 807. The zero-order valence-corrected chi connectivity index (χ0v) is 16.7. The summed E-state index contributed by atoms with van der Waals surface area (Å²) in [5.74, 6) is 0.815. The summed E-state index contributed by atoms with van der Waals surface area (Å²) in [5.41, 5.74) is 8.13. The standard InChI is InChI=1S/C18H24ClN3O3.ClH/c1-11(2)10-22-18(24)14(9-20)13(6-7-23)17(21-22)12-4-5-16(25-3)15(19)8-12;/h4-5,8,11,23H,6-7,9-10,20H2,1-3H3;1H. The molecule has 6 nitrogen and oxygen atoms in total. The number of aliphatic hydroxyl groups excluding tert-OH is 1. The van der Waals surface area contributed by atoms with Gasteiger partial charge in [-0.2, -0.15) is 5.10 Å². The van der Waals surface area contributed by atoms with E-state index in [0.717, 1.165) is 5.56 Å². The Morgan fingerprint density at radius 3 is 2.54 bits per heavy atom. The predicted molar refractivity (Wildman–Crippen MR) is 106 cm³/mol. The van der Waals surface area contributed by atoms with E-state index < -0.39 is 0 Å². The number of hydrogen-bond acceptors (Lipinski definition) is 5. The van der Waals surface area contributed by atoms with Gasteiger partial charge in [0.1, 0.15) is 5.75 Å². The summed E-state index contributed by atoms with van der Waals surface area (Å²) in [6.45, 7) is 4.51. The number of ether oxygens (including phenoxy) is 1. The van der Waals surface area contributed by atoms with Gasteiger partial charge in [0.15, 0.2) is 0 Å². The zero-order chi connectivity index (χ0) is 18.6. The number of rotatable bonds is 7. The molecule has 0 atom stereocenters. The Kier molecular flexibility index (Phi) is 8.56. The first-order valence-corrected chi connectivity index (χ1v) is 8.58. The average Bonchev–Trinajstić information content (AvgIpc) is 2.57. The maximum absolute atomic E-state index is 12.7. The van der Waals surface area contributed by atoms with Crippen molar-refractivity contribution in [2.45, 2.75) is 33.4 Å². The highest BCUT2D eigenvalue weighted by Crippen LogP contribution is 2.31. The van der Waals surface area contributed by atoms with E-state index in [0.29, 0.717) is 40.6 Å². The van der Waals surface area contributed by atoms with Crippen LogP contribution in [0.1, 0.15) is 25.0 Å².